The van der Waals surface area contributed by atoms with E-state index in [0.717, 1.165) is 37.9 Å². The maximum absolute atomic E-state index is 12.5. The van der Waals surface area contributed by atoms with Crippen molar-refractivity contribution < 1.29 is 4.79 Å². The molecule has 2 nitrogen and oxygen atoms in total. The molecule has 1 aromatic carbocycles. The van der Waals surface area contributed by atoms with Crippen LogP contribution in [0.25, 0.3) is 0 Å². The fraction of sp³-hybridized carbons (Fsp3) is 0.533. The minimum atomic E-state index is 0.0260. The lowest BCUT2D eigenvalue weighted by atomic mass is 9.94. The van der Waals surface area contributed by atoms with Crippen LogP contribution in [0.5, 0.6) is 0 Å². The van der Waals surface area contributed by atoms with Crippen molar-refractivity contribution >= 4 is 21.8 Å². The van der Waals surface area contributed by atoms with E-state index in [4.69, 9.17) is 0 Å². The minimum Gasteiger partial charge on any atom is -0.342 e. The van der Waals surface area contributed by atoms with Crippen LogP contribution in [0.1, 0.15) is 37.7 Å². The summed E-state index contributed by atoms with van der Waals surface area (Å²) in [5, 5.41) is 0. The molecule has 0 radical (unpaired) electrons. The van der Waals surface area contributed by atoms with E-state index >= 15 is 0 Å². The second kappa shape index (κ2) is 6.37. The predicted octanol–water partition coefficient (Wildman–Crippen LogP) is 3.57. The van der Waals surface area contributed by atoms with Crippen molar-refractivity contribution in [2.24, 2.45) is 0 Å². The lowest BCUT2D eigenvalue weighted by Crippen LogP contribution is -2.41. The number of piperidine rings is 1. The summed E-state index contributed by atoms with van der Waals surface area (Å²) in [5.41, 5.74) is 1.14. The molecule has 0 aliphatic carbocycles. The van der Waals surface area contributed by atoms with Gasteiger partial charge in [0.2, 0.25) is 5.91 Å². The maximum Gasteiger partial charge on any atom is 0.230 e. The van der Waals surface area contributed by atoms with Gasteiger partial charge in [0.25, 0.3) is 0 Å². The summed E-state index contributed by atoms with van der Waals surface area (Å²) in [4.78, 5) is 15.2. The van der Waals surface area contributed by atoms with E-state index in [2.05, 4.69) is 35.0 Å². The lowest BCUT2D eigenvalue weighted by molar-refractivity contribution is -0.133. The number of halogens is 1. The molecular formula is C15H20BrNO. The number of carbonyl (C=O) groups is 1. The largest absolute Gasteiger partial charge is 0.342 e. The van der Waals surface area contributed by atoms with Gasteiger partial charge in [0.1, 0.15) is 0 Å². The predicted molar refractivity (Wildman–Crippen MR) is 78.0 cm³/mol. The highest BCUT2D eigenvalue weighted by Gasteiger charge is 2.27. The SMILES string of the molecule is CCC(C(=O)N1CCC(Br)CC1)c1ccccc1. The quantitative estimate of drug-likeness (QED) is 0.782. The highest BCUT2D eigenvalue weighted by molar-refractivity contribution is 9.09. The Kier molecular flexibility index (Phi) is 4.81. The Bertz CT molecular complexity index is 385. The van der Waals surface area contributed by atoms with Crippen LogP contribution in [0.3, 0.4) is 0 Å². The molecule has 1 unspecified atom stereocenters. The molecule has 1 amide bonds. The normalized spacial score (nSPS) is 18.7. The van der Waals surface area contributed by atoms with Crippen molar-refractivity contribution in [1.82, 2.24) is 4.90 Å². The van der Waals surface area contributed by atoms with E-state index in [-0.39, 0.29) is 5.92 Å². The van der Waals surface area contributed by atoms with E-state index in [1.807, 2.05) is 23.1 Å². The van der Waals surface area contributed by atoms with Gasteiger partial charge in [0.05, 0.1) is 5.92 Å². The molecule has 1 atom stereocenters. The highest BCUT2D eigenvalue weighted by Crippen LogP contribution is 2.25. The zero-order valence-electron chi connectivity index (χ0n) is 10.8. The van der Waals surface area contributed by atoms with Gasteiger partial charge in [-0.25, -0.2) is 0 Å². The van der Waals surface area contributed by atoms with Gasteiger partial charge in [-0.2, -0.15) is 0 Å². The van der Waals surface area contributed by atoms with Gasteiger partial charge in [-0.15, -0.1) is 0 Å². The highest BCUT2D eigenvalue weighted by atomic mass is 79.9. The van der Waals surface area contributed by atoms with Gasteiger partial charge < -0.3 is 4.90 Å². The van der Waals surface area contributed by atoms with Gasteiger partial charge in [-0.05, 0) is 24.8 Å². The third-order valence-electron chi connectivity index (χ3n) is 3.64. The molecule has 0 spiro atoms. The average Bonchev–Trinajstić information content (AvgIpc) is 2.41. The molecule has 1 aromatic rings. The average molecular weight is 310 g/mol. The first-order chi connectivity index (χ1) is 8.72. The van der Waals surface area contributed by atoms with Crippen LogP contribution < -0.4 is 0 Å². The van der Waals surface area contributed by atoms with E-state index < -0.39 is 0 Å². The number of carbonyl (C=O) groups excluding carboxylic acids is 1. The summed E-state index contributed by atoms with van der Waals surface area (Å²) in [5.74, 6) is 0.321. The number of likely N-dealkylation sites (tertiary alicyclic amines) is 1. The summed E-state index contributed by atoms with van der Waals surface area (Å²) in [6, 6.07) is 10.1. The second-order valence-electron chi connectivity index (χ2n) is 4.87. The van der Waals surface area contributed by atoms with Crippen molar-refractivity contribution in [1.29, 1.82) is 0 Å². The Hall–Kier alpha value is -0.830. The Morgan fingerprint density at radius 3 is 2.50 bits per heavy atom. The van der Waals surface area contributed by atoms with Crippen LogP contribution in [0.4, 0.5) is 0 Å². The molecule has 1 saturated heterocycles. The second-order valence-corrected chi connectivity index (χ2v) is 6.17. The fourth-order valence-corrected chi connectivity index (χ4v) is 2.94. The summed E-state index contributed by atoms with van der Waals surface area (Å²) in [7, 11) is 0. The fourth-order valence-electron chi connectivity index (χ4n) is 2.53. The van der Waals surface area contributed by atoms with E-state index in [1.165, 1.54) is 0 Å². The van der Waals surface area contributed by atoms with E-state index in [1.54, 1.807) is 0 Å². The molecule has 1 fully saturated rings. The molecule has 1 aliphatic rings. The molecule has 1 aliphatic heterocycles. The monoisotopic (exact) mass is 309 g/mol. The van der Waals surface area contributed by atoms with Crippen molar-refractivity contribution in [2.45, 2.75) is 36.9 Å². The molecule has 3 heteroatoms. The minimum absolute atomic E-state index is 0.0260. The van der Waals surface area contributed by atoms with Crippen molar-refractivity contribution in [3.05, 3.63) is 35.9 Å². The molecule has 0 aromatic heterocycles. The third-order valence-corrected chi connectivity index (χ3v) is 4.56. The number of benzene rings is 1. The van der Waals surface area contributed by atoms with Crippen LogP contribution in [0, 0.1) is 0 Å². The van der Waals surface area contributed by atoms with Crippen LogP contribution in [-0.2, 0) is 4.79 Å². The first kappa shape index (κ1) is 13.6. The third kappa shape index (κ3) is 3.14. The molecule has 1 heterocycles. The molecule has 0 bridgehead atoms. The smallest absolute Gasteiger partial charge is 0.230 e. The van der Waals surface area contributed by atoms with Gasteiger partial charge in [-0.3, -0.25) is 4.79 Å². The Morgan fingerprint density at radius 1 is 1.33 bits per heavy atom. The molecule has 0 saturated carbocycles. The van der Waals surface area contributed by atoms with Crippen molar-refractivity contribution in [2.75, 3.05) is 13.1 Å². The zero-order chi connectivity index (χ0) is 13.0. The molecule has 18 heavy (non-hydrogen) atoms. The lowest BCUT2D eigenvalue weighted by Gasteiger charge is -2.32. The van der Waals surface area contributed by atoms with Gasteiger partial charge in [0.15, 0.2) is 0 Å². The number of amides is 1. The first-order valence-corrected chi connectivity index (χ1v) is 7.61. The van der Waals surface area contributed by atoms with E-state index in [0.29, 0.717) is 10.7 Å². The van der Waals surface area contributed by atoms with Gasteiger partial charge in [0, 0.05) is 17.9 Å². The first-order valence-electron chi connectivity index (χ1n) is 6.70. The number of hydrogen-bond acceptors (Lipinski definition) is 1. The topological polar surface area (TPSA) is 20.3 Å². The Balaban J connectivity index is 2.06. The van der Waals surface area contributed by atoms with Crippen molar-refractivity contribution in [3.63, 3.8) is 0 Å². The Morgan fingerprint density at radius 2 is 1.94 bits per heavy atom. The summed E-state index contributed by atoms with van der Waals surface area (Å²) >= 11 is 3.63. The molecule has 98 valence electrons. The van der Waals surface area contributed by atoms with Crippen LogP contribution in [0.15, 0.2) is 30.3 Å². The Labute approximate surface area is 117 Å². The summed E-state index contributed by atoms with van der Waals surface area (Å²) < 4.78 is 0. The summed E-state index contributed by atoms with van der Waals surface area (Å²) in [6.07, 6.45) is 3.00. The van der Waals surface area contributed by atoms with Gasteiger partial charge in [-0.1, -0.05) is 53.2 Å². The van der Waals surface area contributed by atoms with Crippen LogP contribution >= 0.6 is 15.9 Å². The van der Waals surface area contributed by atoms with E-state index in [9.17, 15) is 4.79 Å². The standard InChI is InChI=1S/C15H20BrNO/c1-2-14(12-6-4-3-5-7-12)15(18)17-10-8-13(16)9-11-17/h3-7,13-14H,2,8-11H2,1H3. The molecule has 2 rings (SSSR count). The molecular weight excluding hydrogens is 290 g/mol. The van der Waals surface area contributed by atoms with Crippen molar-refractivity contribution in [3.8, 4) is 0 Å². The molecule has 0 N–H and O–H groups in total. The number of hydrogen-bond donors (Lipinski definition) is 0. The maximum atomic E-state index is 12.5. The number of rotatable bonds is 3. The number of alkyl halides is 1. The van der Waals surface area contributed by atoms with Crippen LogP contribution in [0.2, 0.25) is 0 Å². The number of nitrogens with zero attached hydrogens (tertiary/aromatic N) is 1. The van der Waals surface area contributed by atoms with Crippen LogP contribution in [-0.4, -0.2) is 28.7 Å². The van der Waals surface area contributed by atoms with Gasteiger partial charge >= 0.3 is 0 Å². The zero-order valence-corrected chi connectivity index (χ0v) is 12.4. The summed E-state index contributed by atoms with van der Waals surface area (Å²) in [6.45, 7) is 3.86.